The summed E-state index contributed by atoms with van der Waals surface area (Å²) >= 11 is 0. The van der Waals surface area contributed by atoms with Crippen LogP contribution < -0.4 is 5.32 Å². The molecule has 6 aliphatic heterocycles. The number of phosphoric acid groups is 3. The Hall–Kier alpha value is -1.72. The zero-order valence-electron chi connectivity index (χ0n) is 47.0. The molecular formula is C54H90NO21P3. The van der Waals surface area contributed by atoms with E-state index in [-0.39, 0.29) is 90.8 Å². The maximum atomic E-state index is 13.1. The summed E-state index contributed by atoms with van der Waals surface area (Å²) in [5.74, 6) is -0.873. The molecule has 6 saturated heterocycles. The van der Waals surface area contributed by atoms with Gasteiger partial charge in [-0.25, -0.2) is 13.7 Å². The second-order valence-corrected chi connectivity index (χ2v) is 26.9. The summed E-state index contributed by atoms with van der Waals surface area (Å²) in [5, 5.41) is 24.2. The van der Waals surface area contributed by atoms with Crippen molar-refractivity contribution in [3.05, 3.63) is 35.9 Å². The summed E-state index contributed by atoms with van der Waals surface area (Å²) in [7, 11) is -10.7. The van der Waals surface area contributed by atoms with Crippen molar-refractivity contribution in [1.29, 1.82) is 0 Å². The Morgan fingerprint density at radius 1 is 0.734 bits per heavy atom. The van der Waals surface area contributed by atoms with Gasteiger partial charge in [0.05, 0.1) is 56.4 Å². The van der Waals surface area contributed by atoms with E-state index in [0.29, 0.717) is 70.6 Å². The van der Waals surface area contributed by atoms with Gasteiger partial charge in [-0.05, 0) is 123 Å². The topological polar surface area (TPSA) is 308 Å². The van der Waals surface area contributed by atoms with Crippen molar-refractivity contribution in [1.82, 2.24) is 5.32 Å². The van der Waals surface area contributed by atoms with Gasteiger partial charge in [0.15, 0.2) is 0 Å². The number of carbonyl (C=O) groups excluding carboxylic acids is 3. The fraction of sp³-hybridized carbons (Fsp3) is 0.833. The number of phosphoric ester groups is 3. The first-order chi connectivity index (χ1) is 37.4. The highest BCUT2D eigenvalue weighted by atomic mass is 31.2. The average Bonchev–Trinajstić information content (AvgIpc) is 4.14. The molecule has 0 aliphatic carbocycles. The zero-order valence-corrected chi connectivity index (χ0v) is 49.7. The minimum atomic E-state index is -4.70. The Bertz CT molecular complexity index is 2230. The third-order valence-corrected chi connectivity index (χ3v) is 19.8. The quantitative estimate of drug-likeness (QED) is 0.118. The molecule has 9 unspecified atom stereocenters. The van der Waals surface area contributed by atoms with Crippen molar-refractivity contribution in [2.45, 2.75) is 211 Å². The number of rotatable bonds is 11. The highest BCUT2D eigenvalue weighted by molar-refractivity contribution is 7.48. The van der Waals surface area contributed by atoms with E-state index in [1.54, 1.807) is 13.8 Å². The SMILES string of the molecule is CC[C@H]1O[C@@H](C)[C@H]2CCC(CNC)CCC(=O)CC[C@H]3C(O)[C@@H](COP(=O)(O)OC12)O[C@H]3Cc1ccccc1.COP(=O)(O)OC1[C@H]2COP(=O)(O)OC3[C@@H](CO)O[C@@H](C)[C@H]3CCCCC(=O)CC(CC(C)=O)CC[C@@H]1[C@H](C)O2. The third-order valence-electron chi connectivity index (χ3n) is 16.9. The molecule has 22 nitrogen and oxygen atoms in total. The second kappa shape index (κ2) is 30.9. The van der Waals surface area contributed by atoms with E-state index in [0.717, 1.165) is 38.5 Å². The Morgan fingerprint density at radius 3 is 1.96 bits per heavy atom. The molecule has 6 aliphatic rings. The molecule has 1 aromatic rings. The smallest absolute Gasteiger partial charge is 0.394 e. The number of ketones is 3. The summed E-state index contributed by atoms with van der Waals surface area (Å²) in [6.07, 6.45) is 0.619. The van der Waals surface area contributed by atoms with Gasteiger partial charge in [-0.15, -0.1) is 0 Å². The minimum absolute atomic E-state index is 0.0348. The lowest BCUT2D eigenvalue weighted by molar-refractivity contribution is -0.122. The van der Waals surface area contributed by atoms with Gasteiger partial charge in [0.25, 0.3) is 0 Å². The average molecular weight is 1180 g/mol. The van der Waals surface area contributed by atoms with Crippen LogP contribution in [-0.4, -0.2) is 156 Å². The first-order valence-corrected chi connectivity index (χ1v) is 32.9. The first-order valence-electron chi connectivity index (χ1n) is 28.5. The molecule has 1 aromatic carbocycles. The molecule has 25 heteroatoms. The van der Waals surface area contributed by atoms with E-state index in [2.05, 4.69) is 9.84 Å². The molecule has 6 heterocycles. The van der Waals surface area contributed by atoms with Crippen LogP contribution in [0.25, 0.3) is 0 Å². The van der Waals surface area contributed by atoms with E-state index < -0.39 is 91.4 Å². The van der Waals surface area contributed by atoms with Gasteiger partial charge in [0, 0.05) is 62.9 Å². The standard InChI is InChI=1S/C29H46NO8P.C25H44O13P2/c1-4-25-29-23(19(2)36-25)14-11-21(17-30-3)10-12-22(31)13-15-24-26(16-20-8-6-5-7-9-20)37-27(28(24)32)18-35-39(33,34)38-29;1-15(27)11-18-9-10-21-17(3)36-23(25(21)37-39(29,30)33-4)14-34-40(31,32)38-24-20(16(2)35-22(24)13-26)8-6-5-7-19(28)12-18/h5-9,19,21,23-30,32H,4,10-18H2,1-3H3,(H,33,34);16-18,20-26H,5-14H2,1-4H3,(H,29,30)(H,31,32)/t19-,21?,23+,24+,25+,26-,27+,28?,29?;16-,17-,18?,20+,21+,22+,23+,24?,25?/m00/s1. The van der Waals surface area contributed by atoms with Crippen LogP contribution in [0.1, 0.15) is 136 Å². The van der Waals surface area contributed by atoms with E-state index in [4.69, 9.17) is 41.6 Å². The molecule has 0 spiro atoms. The van der Waals surface area contributed by atoms with E-state index >= 15 is 0 Å². The Labute approximate surface area is 466 Å². The molecule has 6 fully saturated rings. The predicted octanol–water partition coefficient (Wildman–Crippen LogP) is 7.38. The zero-order chi connectivity index (χ0) is 57.7. The number of aliphatic hydroxyl groups excluding tert-OH is 2. The maximum Gasteiger partial charge on any atom is 0.472 e. The van der Waals surface area contributed by atoms with Gasteiger partial charge in [-0.1, -0.05) is 43.7 Å². The first kappa shape index (κ1) is 66.4. The van der Waals surface area contributed by atoms with Crippen molar-refractivity contribution in [2.75, 3.05) is 40.5 Å². The highest BCUT2D eigenvalue weighted by Crippen LogP contribution is 2.54. The summed E-state index contributed by atoms with van der Waals surface area (Å²) in [6.45, 7) is 8.56. The van der Waals surface area contributed by atoms with Crippen LogP contribution in [0.4, 0.5) is 0 Å². The van der Waals surface area contributed by atoms with E-state index in [1.807, 2.05) is 51.2 Å². The van der Waals surface area contributed by atoms with Crippen LogP contribution >= 0.6 is 23.5 Å². The monoisotopic (exact) mass is 1180 g/mol. The van der Waals surface area contributed by atoms with Crippen LogP contribution in [0.15, 0.2) is 30.3 Å². The Kier molecular flexibility index (Phi) is 26.0. The van der Waals surface area contributed by atoms with Gasteiger partial charge in [0.2, 0.25) is 0 Å². The number of ether oxygens (including phenoxy) is 4. The predicted molar refractivity (Wildman–Crippen MR) is 288 cm³/mol. The van der Waals surface area contributed by atoms with Crippen LogP contribution in [0, 0.1) is 35.5 Å². The van der Waals surface area contributed by atoms with Gasteiger partial charge < -0.3 is 54.0 Å². The number of nitrogens with one attached hydrogen (secondary N) is 1. The molecule has 452 valence electrons. The van der Waals surface area contributed by atoms with Crippen molar-refractivity contribution >= 4 is 40.8 Å². The van der Waals surface area contributed by atoms with Gasteiger partial charge >= 0.3 is 23.5 Å². The highest BCUT2D eigenvalue weighted by Gasteiger charge is 2.51. The summed E-state index contributed by atoms with van der Waals surface area (Å²) in [4.78, 5) is 69.1. The second-order valence-electron chi connectivity index (χ2n) is 22.6. The Balaban J connectivity index is 0.000000255. The molecule has 0 amide bonds. The van der Waals surface area contributed by atoms with E-state index in [9.17, 15) is 53.0 Å². The van der Waals surface area contributed by atoms with Crippen molar-refractivity contribution in [2.24, 2.45) is 35.5 Å². The van der Waals surface area contributed by atoms with Gasteiger partial charge in [-0.3, -0.25) is 36.7 Å². The van der Waals surface area contributed by atoms with Crippen LogP contribution in [0.5, 0.6) is 0 Å². The minimum Gasteiger partial charge on any atom is -0.394 e. The number of hydrogen-bond donors (Lipinski definition) is 6. The van der Waals surface area contributed by atoms with Gasteiger partial charge in [0.1, 0.15) is 54.0 Å². The molecule has 21 atom stereocenters. The van der Waals surface area contributed by atoms with Gasteiger partial charge in [-0.2, -0.15) is 0 Å². The maximum absolute atomic E-state index is 13.1. The molecular weight excluding hydrogens is 1090 g/mol. The van der Waals surface area contributed by atoms with Crippen molar-refractivity contribution in [3.63, 3.8) is 0 Å². The number of Topliss-reactive ketones (excluding diaryl/α,β-unsaturated/α-hetero) is 3. The number of fused-ring (bicyclic) bond motifs is 6. The summed E-state index contributed by atoms with van der Waals surface area (Å²) in [6, 6.07) is 9.86. The number of aliphatic hydroxyl groups is 2. The number of carbonyl (C=O) groups is 3. The largest absolute Gasteiger partial charge is 0.472 e. The Morgan fingerprint density at radius 2 is 1.33 bits per heavy atom. The lowest BCUT2D eigenvalue weighted by atomic mass is 9.84. The molecule has 0 aromatic heterocycles. The number of benzene rings is 1. The van der Waals surface area contributed by atoms with Crippen LogP contribution in [0.2, 0.25) is 0 Å². The fourth-order valence-corrected chi connectivity index (χ4v) is 15.4. The summed E-state index contributed by atoms with van der Waals surface area (Å²) in [5.41, 5.74) is 1.06. The molecule has 4 bridgehead atoms. The molecule has 6 N–H and O–H groups in total. The molecule has 0 saturated carbocycles. The summed E-state index contributed by atoms with van der Waals surface area (Å²) < 4.78 is 94.7. The molecule has 7 rings (SSSR count). The lowest BCUT2D eigenvalue weighted by Gasteiger charge is -2.28. The number of hydrogen-bond acceptors (Lipinski definition) is 19. The molecule has 0 radical (unpaired) electrons. The fourth-order valence-electron chi connectivity index (χ4n) is 12.7. The van der Waals surface area contributed by atoms with E-state index in [1.165, 1.54) is 6.92 Å². The van der Waals surface area contributed by atoms with Crippen molar-refractivity contribution < 1.29 is 99.1 Å². The third kappa shape index (κ3) is 19.7. The van der Waals surface area contributed by atoms with Crippen molar-refractivity contribution in [3.8, 4) is 0 Å². The van der Waals surface area contributed by atoms with Crippen LogP contribution in [-0.2, 0) is 80.6 Å². The normalized spacial score (nSPS) is 41.4. The lowest BCUT2D eigenvalue weighted by Crippen LogP contribution is -2.34. The van der Waals surface area contributed by atoms with Crippen LogP contribution in [0.3, 0.4) is 0 Å². The molecule has 79 heavy (non-hydrogen) atoms.